The Labute approximate surface area is 163 Å². The molecule has 3 rings (SSSR count). The Morgan fingerprint density at radius 3 is 2.77 bits per heavy atom. The number of rotatable bonds is 4. The van der Waals surface area contributed by atoms with Gasteiger partial charge in [0, 0.05) is 29.7 Å². The van der Waals surface area contributed by atoms with Gasteiger partial charge < -0.3 is 4.74 Å². The molecule has 0 bridgehead atoms. The lowest BCUT2D eigenvalue weighted by Crippen LogP contribution is -2.23. The summed E-state index contributed by atoms with van der Waals surface area (Å²) in [6, 6.07) is 12.0. The molecule has 0 unspecified atom stereocenters. The zero-order chi connectivity index (χ0) is 18.7. The number of nitrogens with zero attached hydrogens (tertiary/aromatic N) is 2. The first-order valence-corrected chi connectivity index (χ1v) is 9.40. The van der Waals surface area contributed by atoms with Crippen molar-refractivity contribution in [2.75, 3.05) is 14.1 Å². The van der Waals surface area contributed by atoms with Crippen molar-refractivity contribution in [3.05, 3.63) is 68.8 Å². The van der Waals surface area contributed by atoms with E-state index < -0.39 is 0 Å². The summed E-state index contributed by atoms with van der Waals surface area (Å²) in [5.74, 6) is 0.147. The SMILES string of the molecule is CN=C1S/C(=C/c2cc(Br)ccc2OCc2ccccc2F)C(=O)N1C. The van der Waals surface area contributed by atoms with Gasteiger partial charge in [0.2, 0.25) is 0 Å². The number of hydrogen-bond acceptors (Lipinski definition) is 4. The second-order valence-corrected chi connectivity index (χ2v) is 7.47. The number of amidine groups is 1. The van der Waals surface area contributed by atoms with E-state index in [2.05, 4.69) is 20.9 Å². The summed E-state index contributed by atoms with van der Waals surface area (Å²) >= 11 is 4.74. The predicted molar refractivity (Wildman–Crippen MR) is 107 cm³/mol. The maximum absolute atomic E-state index is 13.8. The lowest BCUT2D eigenvalue weighted by molar-refractivity contribution is -0.121. The highest BCUT2D eigenvalue weighted by atomic mass is 79.9. The molecule has 26 heavy (non-hydrogen) atoms. The standard InChI is InChI=1S/C19H16BrFN2O2S/c1-22-19-23(2)18(24)17(26-19)10-13-9-14(20)7-8-16(13)25-11-12-5-3-4-6-15(12)21/h3-10H,11H2,1-2H3/b17-10+,22-19?. The summed E-state index contributed by atoms with van der Waals surface area (Å²) in [5.41, 5.74) is 1.21. The van der Waals surface area contributed by atoms with Gasteiger partial charge in [-0.25, -0.2) is 4.39 Å². The molecule has 0 N–H and O–H groups in total. The van der Waals surface area contributed by atoms with Gasteiger partial charge in [-0.3, -0.25) is 14.7 Å². The molecule has 1 fully saturated rings. The lowest BCUT2D eigenvalue weighted by atomic mass is 10.1. The molecule has 1 saturated heterocycles. The monoisotopic (exact) mass is 434 g/mol. The van der Waals surface area contributed by atoms with Gasteiger partial charge in [0.1, 0.15) is 18.2 Å². The van der Waals surface area contributed by atoms with Crippen LogP contribution >= 0.6 is 27.7 Å². The molecular weight excluding hydrogens is 419 g/mol. The van der Waals surface area contributed by atoms with Gasteiger partial charge in [-0.2, -0.15) is 0 Å². The van der Waals surface area contributed by atoms with Crippen LogP contribution in [-0.4, -0.2) is 30.1 Å². The van der Waals surface area contributed by atoms with Crippen LogP contribution in [0.5, 0.6) is 5.75 Å². The summed E-state index contributed by atoms with van der Waals surface area (Å²) in [4.78, 5) is 18.5. The molecular formula is C19H16BrFN2O2S. The highest BCUT2D eigenvalue weighted by Gasteiger charge is 2.30. The van der Waals surface area contributed by atoms with Crippen molar-refractivity contribution in [3.63, 3.8) is 0 Å². The minimum absolute atomic E-state index is 0.104. The number of carbonyl (C=O) groups is 1. The number of ether oxygens (including phenoxy) is 1. The van der Waals surface area contributed by atoms with Gasteiger partial charge in [-0.1, -0.05) is 34.1 Å². The normalized spacial score (nSPS) is 17.4. The highest BCUT2D eigenvalue weighted by Crippen LogP contribution is 2.34. The predicted octanol–water partition coefficient (Wildman–Crippen LogP) is 4.70. The summed E-state index contributed by atoms with van der Waals surface area (Å²) in [5, 5.41) is 0.644. The quantitative estimate of drug-likeness (QED) is 0.654. The Kier molecular flexibility index (Phi) is 5.78. The summed E-state index contributed by atoms with van der Waals surface area (Å²) in [6.45, 7) is 0.104. The zero-order valence-corrected chi connectivity index (χ0v) is 16.6. The van der Waals surface area contributed by atoms with Gasteiger partial charge in [-0.05, 0) is 42.1 Å². The van der Waals surface area contributed by atoms with Gasteiger partial charge >= 0.3 is 0 Å². The van der Waals surface area contributed by atoms with Crippen molar-refractivity contribution >= 4 is 44.8 Å². The average Bonchev–Trinajstić information content (AvgIpc) is 2.90. The number of amides is 1. The summed E-state index contributed by atoms with van der Waals surface area (Å²) in [6.07, 6.45) is 1.77. The van der Waals surface area contributed by atoms with Gasteiger partial charge in [0.15, 0.2) is 5.17 Å². The van der Waals surface area contributed by atoms with E-state index in [0.717, 1.165) is 10.0 Å². The third kappa shape index (κ3) is 3.99. The van der Waals surface area contributed by atoms with Crippen molar-refractivity contribution < 1.29 is 13.9 Å². The van der Waals surface area contributed by atoms with E-state index in [9.17, 15) is 9.18 Å². The van der Waals surface area contributed by atoms with Crippen LogP contribution in [0, 0.1) is 5.82 Å². The third-order valence-corrected chi connectivity index (χ3v) is 5.44. The van der Waals surface area contributed by atoms with Crippen LogP contribution in [0.2, 0.25) is 0 Å². The van der Waals surface area contributed by atoms with Crippen LogP contribution in [0.15, 0.2) is 56.8 Å². The fourth-order valence-electron chi connectivity index (χ4n) is 2.43. The Hall–Kier alpha value is -2.12. The van der Waals surface area contributed by atoms with Crippen LogP contribution in [0.4, 0.5) is 4.39 Å². The minimum atomic E-state index is -0.309. The van der Waals surface area contributed by atoms with Crippen molar-refractivity contribution in [1.29, 1.82) is 0 Å². The second kappa shape index (κ2) is 8.05. The van der Waals surface area contributed by atoms with E-state index in [-0.39, 0.29) is 18.3 Å². The van der Waals surface area contributed by atoms with Crippen molar-refractivity contribution in [1.82, 2.24) is 4.90 Å². The van der Waals surface area contributed by atoms with Crippen molar-refractivity contribution in [2.24, 2.45) is 4.99 Å². The van der Waals surface area contributed by atoms with Crippen LogP contribution < -0.4 is 4.74 Å². The minimum Gasteiger partial charge on any atom is -0.488 e. The molecule has 4 nitrogen and oxygen atoms in total. The molecule has 1 aliphatic rings. The Balaban J connectivity index is 1.88. The highest BCUT2D eigenvalue weighted by molar-refractivity contribution is 9.10. The first-order valence-electron chi connectivity index (χ1n) is 7.79. The molecule has 0 saturated carbocycles. The fourth-order valence-corrected chi connectivity index (χ4v) is 3.72. The molecule has 7 heteroatoms. The molecule has 134 valence electrons. The topological polar surface area (TPSA) is 41.9 Å². The second-order valence-electron chi connectivity index (χ2n) is 5.54. The largest absolute Gasteiger partial charge is 0.488 e. The van der Waals surface area contributed by atoms with Gasteiger partial charge in [-0.15, -0.1) is 0 Å². The van der Waals surface area contributed by atoms with E-state index in [4.69, 9.17) is 4.74 Å². The Morgan fingerprint density at radius 2 is 2.08 bits per heavy atom. The average molecular weight is 435 g/mol. The number of aliphatic imine (C=N–C) groups is 1. The maximum Gasteiger partial charge on any atom is 0.266 e. The van der Waals surface area contributed by atoms with Gasteiger partial charge in [0.05, 0.1) is 4.91 Å². The Morgan fingerprint density at radius 1 is 1.31 bits per heavy atom. The van der Waals surface area contributed by atoms with Crippen molar-refractivity contribution in [3.8, 4) is 5.75 Å². The van der Waals surface area contributed by atoms with Gasteiger partial charge in [0.25, 0.3) is 5.91 Å². The van der Waals surface area contributed by atoms with Crippen molar-refractivity contribution in [2.45, 2.75) is 6.61 Å². The number of benzene rings is 2. The number of carbonyl (C=O) groups excluding carboxylic acids is 1. The summed E-state index contributed by atoms with van der Waals surface area (Å²) < 4.78 is 20.5. The number of likely N-dealkylation sites (N-methyl/N-ethyl adjacent to an activating group) is 1. The van der Waals surface area contributed by atoms with Crippen LogP contribution in [0.3, 0.4) is 0 Å². The molecule has 0 atom stereocenters. The van der Waals surface area contributed by atoms with E-state index in [1.54, 1.807) is 44.4 Å². The first kappa shape index (κ1) is 18.7. The number of hydrogen-bond donors (Lipinski definition) is 0. The van der Waals surface area contributed by atoms with E-state index in [0.29, 0.717) is 21.4 Å². The molecule has 1 heterocycles. The number of halogens is 2. The molecule has 1 aliphatic heterocycles. The fraction of sp³-hybridized carbons (Fsp3) is 0.158. The smallest absolute Gasteiger partial charge is 0.266 e. The molecule has 2 aromatic carbocycles. The third-order valence-electron chi connectivity index (χ3n) is 3.79. The van der Waals surface area contributed by atoms with Crippen LogP contribution in [0.1, 0.15) is 11.1 Å². The molecule has 1 amide bonds. The maximum atomic E-state index is 13.8. The molecule has 0 radical (unpaired) electrons. The molecule has 0 spiro atoms. The summed E-state index contributed by atoms with van der Waals surface area (Å²) in [7, 11) is 3.34. The Bertz CT molecular complexity index is 914. The molecule has 0 aromatic heterocycles. The van der Waals surface area contributed by atoms with Crippen LogP contribution in [-0.2, 0) is 11.4 Å². The lowest BCUT2D eigenvalue weighted by Gasteiger charge is -2.11. The zero-order valence-electron chi connectivity index (χ0n) is 14.2. The van der Waals surface area contributed by atoms with E-state index in [1.807, 2.05) is 12.1 Å². The van der Waals surface area contributed by atoms with E-state index >= 15 is 0 Å². The molecule has 2 aromatic rings. The van der Waals surface area contributed by atoms with Crippen LogP contribution in [0.25, 0.3) is 6.08 Å². The van der Waals surface area contributed by atoms with E-state index in [1.165, 1.54) is 22.7 Å². The number of thioether (sulfide) groups is 1. The molecule has 0 aliphatic carbocycles. The first-order chi connectivity index (χ1) is 12.5.